The van der Waals surface area contributed by atoms with Crippen molar-refractivity contribution in [3.63, 3.8) is 0 Å². The molecule has 1 aromatic heterocycles. The molecule has 15 heavy (non-hydrogen) atoms. The summed E-state index contributed by atoms with van der Waals surface area (Å²) in [5, 5.41) is 10.2. The molecule has 0 aliphatic heterocycles. The SMILES string of the molecule is CNC(=S)Nc1noc2c(F)cccc12. The third kappa shape index (κ3) is 1.75. The van der Waals surface area contributed by atoms with Crippen molar-refractivity contribution in [2.24, 2.45) is 0 Å². The van der Waals surface area contributed by atoms with E-state index in [-0.39, 0.29) is 5.58 Å². The smallest absolute Gasteiger partial charge is 0.204 e. The van der Waals surface area contributed by atoms with Crippen LogP contribution in [0.4, 0.5) is 10.2 Å². The first kappa shape index (κ1) is 9.85. The summed E-state index contributed by atoms with van der Waals surface area (Å²) in [6, 6.07) is 4.60. The number of rotatable bonds is 1. The lowest BCUT2D eigenvalue weighted by molar-refractivity contribution is 0.443. The molecule has 2 N–H and O–H groups in total. The van der Waals surface area contributed by atoms with Gasteiger partial charge in [-0.15, -0.1) is 0 Å². The van der Waals surface area contributed by atoms with E-state index in [0.717, 1.165) is 0 Å². The summed E-state index contributed by atoms with van der Waals surface area (Å²) < 4.78 is 18.1. The number of nitrogens with zero attached hydrogens (tertiary/aromatic N) is 1. The molecule has 6 heteroatoms. The minimum atomic E-state index is -0.441. The van der Waals surface area contributed by atoms with Crippen molar-refractivity contribution < 1.29 is 8.91 Å². The molecular formula is C9H8FN3OS. The fourth-order valence-corrected chi connectivity index (χ4v) is 1.29. The van der Waals surface area contributed by atoms with Gasteiger partial charge in [0.1, 0.15) is 0 Å². The van der Waals surface area contributed by atoms with Gasteiger partial charge in [0.15, 0.2) is 16.7 Å². The third-order valence-electron chi connectivity index (χ3n) is 1.91. The van der Waals surface area contributed by atoms with Gasteiger partial charge in [0.2, 0.25) is 5.58 Å². The molecule has 4 nitrogen and oxygen atoms in total. The molecule has 0 saturated carbocycles. The van der Waals surface area contributed by atoms with Gasteiger partial charge in [0, 0.05) is 7.05 Å². The molecule has 0 bridgehead atoms. The maximum Gasteiger partial charge on any atom is 0.204 e. The van der Waals surface area contributed by atoms with Crippen LogP contribution in [0.2, 0.25) is 0 Å². The number of fused-ring (bicyclic) bond motifs is 1. The minimum absolute atomic E-state index is 0.124. The van der Waals surface area contributed by atoms with E-state index in [0.29, 0.717) is 16.3 Å². The molecule has 1 heterocycles. The van der Waals surface area contributed by atoms with Gasteiger partial charge in [-0.1, -0.05) is 11.2 Å². The molecule has 0 atom stereocenters. The number of benzene rings is 1. The Balaban J connectivity index is 2.45. The van der Waals surface area contributed by atoms with Crippen LogP contribution in [0.25, 0.3) is 11.0 Å². The van der Waals surface area contributed by atoms with Crippen LogP contribution >= 0.6 is 12.2 Å². The molecule has 0 amide bonds. The van der Waals surface area contributed by atoms with Crippen molar-refractivity contribution in [3.05, 3.63) is 24.0 Å². The molecule has 0 fully saturated rings. The zero-order valence-electron chi connectivity index (χ0n) is 7.87. The highest BCUT2D eigenvalue weighted by atomic mass is 32.1. The largest absolute Gasteiger partial charge is 0.365 e. The Morgan fingerprint density at radius 2 is 2.33 bits per heavy atom. The van der Waals surface area contributed by atoms with E-state index >= 15 is 0 Å². The summed E-state index contributed by atoms with van der Waals surface area (Å²) in [6.07, 6.45) is 0. The molecule has 0 aliphatic carbocycles. The van der Waals surface area contributed by atoms with Crippen LogP contribution in [-0.4, -0.2) is 17.3 Å². The van der Waals surface area contributed by atoms with Crippen LogP contribution in [0.5, 0.6) is 0 Å². The highest BCUT2D eigenvalue weighted by Crippen LogP contribution is 2.24. The van der Waals surface area contributed by atoms with Gasteiger partial charge < -0.3 is 15.2 Å². The summed E-state index contributed by atoms with van der Waals surface area (Å²) in [5.74, 6) is -0.0349. The number of nitrogens with one attached hydrogen (secondary N) is 2. The molecule has 78 valence electrons. The Morgan fingerprint density at radius 1 is 1.53 bits per heavy atom. The lowest BCUT2D eigenvalue weighted by Gasteiger charge is -2.02. The Hall–Kier alpha value is -1.69. The molecule has 0 saturated heterocycles. The maximum absolute atomic E-state index is 13.2. The van der Waals surface area contributed by atoms with Crippen LogP contribution in [-0.2, 0) is 0 Å². The summed E-state index contributed by atoms with van der Waals surface area (Å²) >= 11 is 4.90. The van der Waals surface area contributed by atoms with E-state index in [2.05, 4.69) is 15.8 Å². The Labute approximate surface area is 90.4 Å². The van der Waals surface area contributed by atoms with Crippen LogP contribution < -0.4 is 10.6 Å². The van der Waals surface area contributed by atoms with Crippen LogP contribution in [0.15, 0.2) is 22.7 Å². The maximum atomic E-state index is 13.2. The average Bonchev–Trinajstić information content (AvgIpc) is 2.63. The Bertz CT molecular complexity index is 511. The lowest BCUT2D eigenvalue weighted by Crippen LogP contribution is -2.24. The van der Waals surface area contributed by atoms with E-state index in [1.165, 1.54) is 6.07 Å². The van der Waals surface area contributed by atoms with Gasteiger partial charge in [0.05, 0.1) is 5.39 Å². The molecular weight excluding hydrogens is 217 g/mol. The van der Waals surface area contributed by atoms with Crippen molar-refractivity contribution in [2.45, 2.75) is 0 Å². The second kappa shape index (κ2) is 3.82. The molecule has 2 rings (SSSR count). The van der Waals surface area contributed by atoms with E-state index in [4.69, 9.17) is 16.7 Å². The normalized spacial score (nSPS) is 10.3. The highest BCUT2D eigenvalue weighted by molar-refractivity contribution is 7.80. The second-order valence-corrected chi connectivity index (χ2v) is 3.26. The molecule has 0 radical (unpaired) electrons. The number of anilines is 1. The summed E-state index contributed by atoms with van der Waals surface area (Å²) in [6.45, 7) is 0. The zero-order valence-corrected chi connectivity index (χ0v) is 8.69. The van der Waals surface area contributed by atoms with Crippen molar-refractivity contribution in [3.8, 4) is 0 Å². The Kier molecular flexibility index (Phi) is 2.51. The van der Waals surface area contributed by atoms with Gasteiger partial charge in [-0.05, 0) is 24.4 Å². The number of aromatic nitrogens is 1. The molecule has 1 aromatic carbocycles. The predicted octanol–water partition coefficient (Wildman–Crippen LogP) is 1.88. The van der Waals surface area contributed by atoms with Crippen molar-refractivity contribution in [1.29, 1.82) is 0 Å². The van der Waals surface area contributed by atoms with Gasteiger partial charge >= 0.3 is 0 Å². The van der Waals surface area contributed by atoms with Crippen LogP contribution in [0.3, 0.4) is 0 Å². The van der Waals surface area contributed by atoms with Gasteiger partial charge in [-0.25, -0.2) is 4.39 Å². The predicted molar refractivity (Wildman–Crippen MR) is 59.2 cm³/mol. The first-order valence-electron chi connectivity index (χ1n) is 4.25. The van der Waals surface area contributed by atoms with Crippen molar-refractivity contribution in [1.82, 2.24) is 10.5 Å². The van der Waals surface area contributed by atoms with Crippen LogP contribution in [0, 0.1) is 5.82 Å². The molecule has 2 aromatic rings. The number of hydrogen-bond donors (Lipinski definition) is 2. The molecule has 0 aliphatic rings. The van der Waals surface area contributed by atoms with Gasteiger partial charge in [-0.2, -0.15) is 0 Å². The first-order valence-corrected chi connectivity index (χ1v) is 4.66. The second-order valence-electron chi connectivity index (χ2n) is 2.85. The summed E-state index contributed by atoms with van der Waals surface area (Å²) in [5.41, 5.74) is 0.124. The molecule has 0 unspecified atom stereocenters. The summed E-state index contributed by atoms with van der Waals surface area (Å²) in [4.78, 5) is 0. The topological polar surface area (TPSA) is 50.1 Å². The highest BCUT2D eigenvalue weighted by Gasteiger charge is 2.11. The summed E-state index contributed by atoms with van der Waals surface area (Å²) in [7, 11) is 1.68. The van der Waals surface area contributed by atoms with Crippen molar-refractivity contribution >= 4 is 34.1 Å². The average molecular weight is 225 g/mol. The van der Waals surface area contributed by atoms with Crippen LogP contribution in [0.1, 0.15) is 0 Å². The number of thiocarbonyl (C=S) groups is 1. The standard InChI is InChI=1S/C9H8FN3OS/c1-11-9(15)12-8-5-3-2-4-6(10)7(5)14-13-8/h2-4H,1H3,(H2,11,12,13,15). The zero-order chi connectivity index (χ0) is 10.8. The number of para-hydroxylation sites is 1. The van der Waals surface area contributed by atoms with E-state index in [1.54, 1.807) is 19.2 Å². The van der Waals surface area contributed by atoms with Gasteiger partial charge in [-0.3, -0.25) is 0 Å². The first-order chi connectivity index (χ1) is 7.22. The van der Waals surface area contributed by atoms with Gasteiger partial charge in [0.25, 0.3) is 0 Å². The van der Waals surface area contributed by atoms with E-state index in [1.807, 2.05) is 0 Å². The fraction of sp³-hybridized carbons (Fsp3) is 0.111. The quantitative estimate of drug-likeness (QED) is 0.726. The Morgan fingerprint density at radius 3 is 3.07 bits per heavy atom. The number of hydrogen-bond acceptors (Lipinski definition) is 3. The van der Waals surface area contributed by atoms with E-state index in [9.17, 15) is 4.39 Å². The molecule has 0 spiro atoms. The van der Waals surface area contributed by atoms with E-state index < -0.39 is 5.82 Å². The minimum Gasteiger partial charge on any atom is -0.365 e. The fourth-order valence-electron chi connectivity index (χ4n) is 1.19. The lowest BCUT2D eigenvalue weighted by atomic mass is 10.2. The third-order valence-corrected chi connectivity index (χ3v) is 2.22. The number of halogens is 1. The van der Waals surface area contributed by atoms with Crippen molar-refractivity contribution in [2.75, 3.05) is 12.4 Å². The monoisotopic (exact) mass is 225 g/mol.